The molecule has 0 atom stereocenters. The van der Waals surface area contributed by atoms with E-state index in [0.717, 1.165) is 16.9 Å². The number of hydrogen-bond acceptors (Lipinski definition) is 1. The molecule has 0 aromatic heterocycles. The highest BCUT2D eigenvalue weighted by Gasteiger charge is 1.94. The molecule has 0 amide bonds. The van der Waals surface area contributed by atoms with Gasteiger partial charge in [-0.2, -0.15) is 0 Å². The lowest BCUT2D eigenvalue weighted by atomic mass is 10.1. The van der Waals surface area contributed by atoms with Gasteiger partial charge in [-0.25, -0.2) is 0 Å². The minimum Gasteiger partial charge on any atom is -0.385 e. The smallest absolute Gasteiger partial charge is 0.0340 e. The first-order chi connectivity index (χ1) is 6.68. The highest BCUT2D eigenvalue weighted by Crippen LogP contribution is 2.14. The zero-order chi connectivity index (χ0) is 10.4. The summed E-state index contributed by atoms with van der Waals surface area (Å²) in [6, 6.07) is 8.31. The molecule has 1 aromatic carbocycles. The molecule has 0 heterocycles. The highest BCUT2D eigenvalue weighted by atomic mass is 79.9. The molecular formula is C12H18BrN. The van der Waals surface area contributed by atoms with Gasteiger partial charge in [0, 0.05) is 16.7 Å². The van der Waals surface area contributed by atoms with Crippen LogP contribution in [0, 0.1) is 5.92 Å². The van der Waals surface area contributed by atoms with Crippen LogP contribution in [0.3, 0.4) is 0 Å². The normalized spacial score (nSPS) is 10.6. The van der Waals surface area contributed by atoms with Crippen LogP contribution in [-0.2, 0) is 0 Å². The summed E-state index contributed by atoms with van der Waals surface area (Å²) in [5.41, 5.74) is 1.21. The molecule has 1 aromatic rings. The van der Waals surface area contributed by atoms with Crippen molar-refractivity contribution in [1.29, 1.82) is 0 Å². The lowest BCUT2D eigenvalue weighted by Gasteiger charge is -2.07. The van der Waals surface area contributed by atoms with Gasteiger partial charge in [-0.3, -0.25) is 0 Å². The van der Waals surface area contributed by atoms with Crippen LogP contribution in [0.1, 0.15) is 26.7 Å². The molecule has 0 saturated carbocycles. The van der Waals surface area contributed by atoms with Crippen LogP contribution >= 0.6 is 15.9 Å². The van der Waals surface area contributed by atoms with Crippen molar-refractivity contribution in [2.45, 2.75) is 26.7 Å². The first-order valence-electron chi connectivity index (χ1n) is 5.18. The van der Waals surface area contributed by atoms with Crippen molar-refractivity contribution in [3.63, 3.8) is 0 Å². The fourth-order valence-electron chi connectivity index (χ4n) is 1.31. The van der Waals surface area contributed by atoms with E-state index in [4.69, 9.17) is 0 Å². The lowest BCUT2D eigenvalue weighted by Crippen LogP contribution is -2.02. The summed E-state index contributed by atoms with van der Waals surface area (Å²) in [7, 11) is 0. The van der Waals surface area contributed by atoms with Crippen molar-refractivity contribution in [1.82, 2.24) is 0 Å². The summed E-state index contributed by atoms with van der Waals surface area (Å²) in [6.45, 7) is 5.60. The molecule has 0 aliphatic rings. The van der Waals surface area contributed by atoms with Crippen LogP contribution in [-0.4, -0.2) is 6.54 Å². The molecule has 0 aliphatic heterocycles. The minimum absolute atomic E-state index is 0.807. The Hall–Kier alpha value is -0.500. The van der Waals surface area contributed by atoms with Gasteiger partial charge in [-0.05, 0) is 43.0 Å². The van der Waals surface area contributed by atoms with Gasteiger partial charge in [0.25, 0.3) is 0 Å². The van der Waals surface area contributed by atoms with Gasteiger partial charge in [0.2, 0.25) is 0 Å². The molecular weight excluding hydrogens is 238 g/mol. The van der Waals surface area contributed by atoms with E-state index >= 15 is 0 Å². The van der Waals surface area contributed by atoms with E-state index in [2.05, 4.69) is 59.4 Å². The highest BCUT2D eigenvalue weighted by molar-refractivity contribution is 9.10. The summed E-state index contributed by atoms with van der Waals surface area (Å²) >= 11 is 3.42. The minimum atomic E-state index is 0.807. The Bertz CT molecular complexity index is 254. The van der Waals surface area contributed by atoms with E-state index in [9.17, 15) is 0 Å². The third-order valence-electron chi connectivity index (χ3n) is 2.13. The summed E-state index contributed by atoms with van der Waals surface area (Å²) in [5, 5.41) is 3.41. The summed E-state index contributed by atoms with van der Waals surface area (Å²) < 4.78 is 1.13. The van der Waals surface area contributed by atoms with Gasteiger partial charge >= 0.3 is 0 Å². The number of anilines is 1. The van der Waals surface area contributed by atoms with Crippen molar-refractivity contribution in [2.75, 3.05) is 11.9 Å². The van der Waals surface area contributed by atoms with Gasteiger partial charge in [0.15, 0.2) is 0 Å². The van der Waals surface area contributed by atoms with E-state index in [1.807, 2.05) is 0 Å². The first-order valence-corrected chi connectivity index (χ1v) is 5.97. The number of hydrogen-bond donors (Lipinski definition) is 1. The standard InChI is InChI=1S/C12H18BrN/c1-10(2)4-3-9-14-12-7-5-11(13)6-8-12/h5-8,10,14H,3-4,9H2,1-2H3. The molecule has 1 N–H and O–H groups in total. The molecule has 0 bridgehead atoms. The van der Waals surface area contributed by atoms with Crippen LogP contribution < -0.4 is 5.32 Å². The van der Waals surface area contributed by atoms with Crippen molar-refractivity contribution >= 4 is 21.6 Å². The van der Waals surface area contributed by atoms with Gasteiger partial charge in [0.1, 0.15) is 0 Å². The second kappa shape index (κ2) is 6.07. The van der Waals surface area contributed by atoms with E-state index in [-0.39, 0.29) is 0 Å². The Balaban J connectivity index is 2.21. The Morgan fingerprint density at radius 1 is 1.21 bits per heavy atom. The third kappa shape index (κ3) is 4.66. The molecule has 0 spiro atoms. The molecule has 1 rings (SSSR count). The number of benzene rings is 1. The zero-order valence-electron chi connectivity index (χ0n) is 8.89. The molecule has 0 fully saturated rings. The molecule has 0 unspecified atom stereocenters. The van der Waals surface area contributed by atoms with E-state index in [0.29, 0.717) is 0 Å². The lowest BCUT2D eigenvalue weighted by molar-refractivity contribution is 0.567. The van der Waals surface area contributed by atoms with Gasteiger partial charge in [-0.1, -0.05) is 29.8 Å². The fourth-order valence-corrected chi connectivity index (χ4v) is 1.58. The van der Waals surface area contributed by atoms with E-state index in [1.54, 1.807) is 0 Å². The maximum absolute atomic E-state index is 3.42. The SMILES string of the molecule is CC(C)CCCNc1ccc(Br)cc1. The second-order valence-corrected chi connectivity index (χ2v) is 4.89. The van der Waals surface area contributed by atoms with Crippen LogP contribution in [0.5, 0.6) is 0 Å². The number of nitrogens with one attached hydrogen (secondary N) is 1. The Kier molecular flexibility index (Phi) is 5.02. The van der Waals surface area contributed by atoms with Crippen LogP contribution in [0.4, 0.5) is 5.69 Å². The maximum Gasteiger partial charge on any atom is 0.0340 e. The molecule has 2 heteroatoms. The van der Waals surface area contributed by atoms with E-state index in [1.165, 1.54) is 18.5 Å². The molecule has 14 heavy (non-hydrogen) atoms. The molecule has 1 nitrogen and oxygen atoms in total. The average Bonchev–Trinajstić information content (AvgIpc) is 2.15. The second-order valence-electron chi connectivity index (χ2n) is 3.97. The number of rotatable bonds is 5. The molecule has 0 aliphatic carbocycles. The van der Waals surface area contributed by atoms with E-state index < -0.39 is 0 Å². The quantitative estimate of drug-likeness (QED) is 0.774. The summed E-state index contributed by atoms with van der Waals surface area (Å²) in [6.07, 6.45) is 2.54. The predicted octanol–water partition coefficient (Wildman–Crippen LogP) is 4.30. The molecule has 78 valence electrons. The van der Waals surface area contributed by atoms with Gasteiger partial charge in [-0.15, -0.1) is 0 Å². The Morgan fingerprint density at radius 2 is 1.86 bits per heavy atom. The topological polar surface area (TPSA) is 12.0 Å². The first kappa shape index (κ1) is 11.6. The van der Waals surface area contributed by atoms with Crippen LogP contribution in [0.2, 0.25) is 0 Å². The van der Waals surface area contributed by atoms with Gasteiger partial charge < -0.3 is 5.32 Å². The Morgan fingerprint density at radius 3 is 2.43 bits per heavy atom. The molecule has 0 radical (unpaired) electrons. The summed E-state index contributed by atoms with van der Waals surface area (Å²) in [4.78, 5) is 0. The maximum atomic E-state index is 3.42. The van der Waals surface area contributed by atoms with Crippen molar-refractivity contribution in [2.24, 2.45) is 5.92 Å². The van der Waals surface area contributed by atoms with Crippen LogP contribution in [0.15, 0.2) is 28.7 Å². The number of halogens is 1. The van der Waals surface area contributed by atoms with Gasteiger partial charge in [0.05, 0.1) is 0 Å². The average molecular weight is 256 g/mol. The van der Waals surface area contributed by atoms with Crippen molar-refractivity contribution in [3.05, 3.63) is 28.7 Å². The van der Waals surface area contributed by atoms with Crippen molar-refractivity contribution in [3.8, 4) is 0 Å². The van der Waals surface area contributed by atoms with Crippen molar-refractivity contribution < 1.29 is 0 Å². The third-order valence-corrected chi connectivity index (χ3v) is 2.66. The zero-order valence-corrected chi connectivity index (χ0v) is 10.5. The van der Waals surface area contributed by atoms with Crippen LogP contribution in [0.25, 0.3) is 0 Å². The monoisotopic (exact) mass is 255 g/mol. The fraction of sp³-hybridized carbons (Fsp3) is 0.500. The summed E-state index contributed by atoms with van der Waals surface area (Å²) in [5.74, 6) is 0.807. The molecule has 0 saturated heterocycles. The Labute approximate surface area is 95.0 Å². The largest absolute Gasteiger partial charge is 0.385 e. The predicted molar refractivity (Wildman–Crippen MR) is 66.7 cm³/mol.